The van der Waals surface area contributed by atoms with Gasteiger partial charge in [-0.2, -0.15) is 0 Å². The maximum Gasteiger partial charge on any atom is 0.198 e. The van der Waals surface area contributed by atoms with Gasteiger partial charge in [0.1, 0.15) is 5.84 Å². The number of hydrogen-bond donors (Lipinski definition) is 1. The molecule has 3 rings (SSSR count). The average Bonchev–Trinajstić information content (AvgIpc) is 2.97. The van der Waals surface area contributed by atoms with E-state index < -0.39 is 5.54 Å². The second-order valence-electron chi connectivity index (χ2n) is 4.23. The maximum atomic E-state index is 6.01. The smallest absolute Gasteiger partial charge is 0.198 e. The average molecular weight is 323 g/mol. The van der Waals surface area contributed by atoms with Gasteiger partial charge in [0.25, 0.3) is 0 Å². The standard InChI is InChI=1S/C12H11BrN4S/c1-2-12(9-5-8(13)7-18-9)6-10-15-3-4-17(10)11(14)16-12/h1,5,7H,3-4,6H2,(H2,14,16)/t12-/m0/s1. The van der Waals surface area contributed by atoms with Crippen LogP contribution in [0.5, 0.6) is 0 Å². The first-order valence-electron chi connectivity index (χ1n) is 5.53. The molecule has 0 saturated carbocycles. The first kappa shape index (κ1) is 11.8. The molecule has 0 fully saturated rings. The van der Waals surface area contributed by atoms with Gasteiger partial charge in [-0.1, -0.05) is 5.92 Å². The summed E-state index contributed by atoms with van der Waals surface area (Å²) in [5.74, 6) is 4.23. The number of fused-ring (bicyclic) bond motifs is 1. The van der Waals surface area contributed by atoms with Crippen molar-refractivity contribution >= 4 is 39.1 Å². The Bertz CT molecular complexity index is 597. The topological polar surface area (TPSA) is 54.0 Å². The quantitative estimate of drug-likeness (QED) is 0.801. The second-order valence-corrected chi connectivity index (χ2v) is 6.06. The SMILES string of the molecule is C#C[C@@]1(c2cc(Br)cs2)CC2=NCCN2C(N)=N1. The molecule has 1 atom stereocenters. The molecule has 92 valence electrons. The van der Waals surface area contributed by atoms with Gasteiger partial charge in [0.05, 0.1) is 6.54 Å². The fourth-order valence-corrected chi connectivity index (χ4v) is 3.78. The maximum absolute atomic E-state index is 6.01. The number of nitrogens with two attached hydrogens (primary N) is 1. The molecule has 0 saturated heterocycles. The lowest BCUT2D eigenvalue weighted by Crippen LogP contribution is -2.48. The number of nitrogens with zero attached hydrogens (tertiary/aromatic N) is 3. The number of terminal acetylenes is 1. The lowest BCUT2D eigenvalue weighted by atomic mass is 9.92. The highest BCUT2D eigenvalue weighted by Gasteiger charge is 2.40. The third-order valence-electron chi connectivity index (χ3n) is 3.14. The van der Waals surface area contributed by atoms with Crippen molar-refractivity contribution in [2.75, 3.05) is 13.1 Å². The molecule has 0 aliphatic carbocycles. The summed E-state index contributed by atoms with van der Waals surface area (Å²) in [7, 11) is 0. The van der Waals surface area contributed by atoms with E-state index in [2.05, 4.69) is 31.8 Å². The molecule has 1 aromatic heterocycles. The van der Waals surface area contributed by atoms with Crippen molar-refractivity contribution in [3.05, 3.63) is 20.8 Å². The third-order valence-corrected chi connectivity index (χ3v) is 4.98. The lowest BCUT2D eigenvalue weighted by molar-refractivity contribution is 0.526. The predicted octanol–water partition coefficient (Wildman–Crippen LogP) is 1.77. The molecule has 0 spiro atoms. The van der Waals surface area contributed by atoms with Gasteiger partial charge in [0.15, 0.2) is 11.5 Å². The van der Waals surface area contributed by atoms with Crippen molar-refractivity contribution in [1.29, 1.82) is 0 Å². The number of guanidine groups is 1. The van der Waals surface area contributed by atoms with Crippen LogP contribution in [0.3, 0.4) is 0 Å². The molecule has 18 heavy (non-hydrogen) atoms. The van der Waals surface area contributed by atoms with Crippen LogP contribution in [-0.2, 0) is 5.54 Å². The van der Waals surface area contributed by atoms with Crippen molar-refractivity contribution in [1.82, 2.24) is 4.90 Å². The van der Waals surface area contributed by atoms with E-state index in [-0.39, 0.29) is 0 Å². The Morgan fingerprint density at radius 1 is 1.61 bits per heavy atom. The van der Waals surface area contributed by atoms with Crippen molar-refractivity contribution in [2.45, 2.75) is 12.0 Å². The van der Waals surface area contributed by atoms with Crippen LogP contribution in [-0.4, -0.2) is 29.8 Å². The highest BCUT2D eigenvalue weighted by Crippen LogP contribution is 2.38. The lowest BCUT2D eigenvalue weighted by Gasteiger charge is -2.33. The van der Waals surface area contributed by atoms with Gasteiger partial charge in [0, 0.05) is 27.7 Å². The molecule has 0 amide bonds. The number of aliphatic imine (C=N–C) groups is 2. The summed E-state index contributed by atoms with van der Waals surface area (Å²) in [6.07, 6.45) is 6.35. The van der Waals surface area contributed by atoms with Crippen LogP contribution in [0.1, 0.15) is 11.3 Å². The molecule has 4 nitrogen and oxygen atoms in total. The normalized spacial score (nSPS) is 26.3. The fourth-order valence-electron chi connectivity index (χ4n) is 2.24. The Morgan fingerprint density at radius 3 is 3.11 bits per heavy atom. The van der Waals surface area contributed by atoms with Crippen molar-refractivity contribution < 1.29 is 0 Å². The second kappa shape index (κ2) is 4.11. The summed E-state index contributed by atoms with van der Waals surface area (Å²) < 4.78 is 1.02. The van der Waals surface area contributed by atoms with Crippen LogP contribution in [0.4, 0.5) is 0 Å². The molecule has 6 heteroatoms. The molecular formula is C12H11BrN4S. The van der Waals surface area contributed by atoms with Crippen LogP contribution < -0.4 is 5.73 Å². The monoisotopic (exact) mass is 322 g/mol. The molecule has 2 N–H and O–H groups in total. The first-order valence-corrected chi connectivity index (χ1v) is 7.20. The summed E-state index contributed by atoms with van der Waals surface area (Å²) in [6, 6.07) is 2.01. The summed E-state index contributed by atoms with van der Waals surface area (Å²) >= 11 is 5.04. The van der Waals surface area contributed by atoms with E-state index in [1.54, 1.807) is 11.3 Å². The van der Waals surface area contributed by atoms with Crippen molar-refractivity contribution in [2.24, 2.45) is 15.7 Å². The molecular weight excluding hydrogens is 312 g/mol. The van der Waals surface area contributed by atoms with E-state index in [4.69, 9.17) is 12.2 Å². The number of rotatable bonds is 1. The Balaban J connectivity index is 2.11. The number of halogens is 1. The zero-order chi connectivity index (χ0) is 12.8. The van der Waals surface area contributed by atoms with E-state index in [1.807, 2.05) is 16.3 Å². The minimum atomic E-state index is -0.694. The van der Waals surface area contributed by atoms with Crippen LogP contribution in [0, 0.1) is 12.3 Å². The molecule has 2 aliphatic rings. The van der Waals surface area contributed by atoms with Gasteiger partial charge in [-0.15, -0.1) is 17.8 Å². The summed E-state index contributed by atoms with van der Waals surface area (Å²) in [5, 5.41) is 2.00. The molecule has 0 bridgehead atoms. The van der Waals surface area contributed by atoms with Crippen molar-refractivity contribution in [3.8, 4) is 12.3 Å². The number of thiophene rings is 1. The summed E-state index contributed by atoms with van der Waals surface area (Å²) in [6.45, 7) is 1.57. The van der Waals surface area contributed by atoms with Gasteiger partial charge >= 0.3 is 0 Å². The van der Waals surface area contributed by atoms with Gasteiger partial charge in [-0.25, -0.2) is 4.99 Å². The minimum Gasteiger partial charge on any atom is -0.369 e. The first-order chi connectivity index (χ1) is 8.64. The van der Waals surface area contributed by atoms with E-state index in [1.165, 1.54) is 0 Å². The molecule has 2 aliphatic heterocycles. The summed E-state index contributed by atoms with van der Waals surface area (Å²) in [4.78, 5) is 12.0. The molecule has 3 heterocycles. The van der Waals surface area contributed by atoms with Gasteiger partial charge in [-0.05, 0) is 22.0 Å². The molecule has 0 radical (unpaired) electrons. The highest BCUT2D eigenvalue weighted by molar-refractivity contribution is 9.10. The van der Waals surface area contributed by atoms with E-state index in [0.29, 0.717) is 12.4 Å². The molecule has 0 unspecified atom stereocenters. The number of amidine groups is 1. The van der Waals surface area contributed by atoms with Crippen LogP contribution in [0.2, 0.25) is 0 Å². The van der Waals surface area contributed by atoms with Crippen LogP contribution in [0.25, 0.3) is 0 Å². The molecule has 0 aromatic carbocycles. The van der Waals surface area contributed by atoms with Crippen LogP contribution in [0.15, 0.2) is 25.9 Å². The molecule has 1 aromatic rings. The van der Waals surface area contributed by atoms with Crippen LogP contribution >= 0.6 is 27.3 Å². The van der Waals surface area contributed by atoms with Gasteiger partial charge in [-0.3, -0.25) is 9.89 Å². The highest BCUT2D eigenvalue weighted by atomic mass is 79.9. The number of hydrogen-bond acceptors (Lipinski definition) is 5. The van der Waals surface area contributed by atoms with Gasteiger partial charge < -0.3 is 5.73 Å². The van der Waals surface area contributed by atoms with Crippen molar-refractivity contribution in [3.63, 3.8) is 0 Å². The predicted molar refractivity (Wildman–Crippen MR) is 77.8 cm³/mol. The minimum absolute atomic E-state index is 0.472. The largest absolute Gasteiger partial charge is 0.369 e. The zero-order valence-corrected chi connectivity index (χ0v) is 12.0. The summed E-state index contributed by atoms with van der Waals surface area (Å²) in [5.41, 5.74) is 5.31. The van der Waals surface area contributed by atoms with E-state index in [0.717, 1.165) is 28.3 Å². The Kier molecular flexibility index (Phi) is 2.68. The Morgan fingerprint density at radius 2 is 2.44 bits per heavy atom. The zero-order valence-electron chi connectivity index (χ0n) is 9.56. The van der Waals surface area contributed by atoms with Gasteiger partial charge in [0.2, 0.25) is 0 Å². The third kappa shape index (κ3) is 1.66. The fraction of sp³-hybridized carbons (Fsp3) is 0.333. The van der Waals surface area contributed by atoms with E-state index >= 15 is 0 Å². The Labute approximate surface area is 118 Å². The Hall–Kier alpha value is -1.32. The van der Waals surface area contributed by atoms with E-state index in [9.17, 15) is 0 Å².